The van der Waals surface area contributed by atoms with E-state index in [1.165, 1.54) is 70.9 Å². The van der Waals surface area contributed by atoms with Crippen molar-refractivity contribution in [2.75, 3.05) is 19.6 Å². The molecule has 0 N–H and O–H groups in total. The first-order valence-corrected chi connectivity index (χ1v) is 9.24. The molecule has 1 unspecified atom stereocenters. The van der Waals surface area contributed by atoms with Gasteiger partial charge in [0, 0.05) is 0 Å². The molecule has 1 aliphatic carbocycles. The molecule has 1 rings (SSSR count). The molecule has 0 fully saturated rings. The van der Waals surface area contributed by atoms with Gasteiger partial charge in [-0.05, 0) is 71.5 Å². The first-order valence-electron chi connectivity index (χ1n) is 9.24. The molecule has 0 bridgehead atoms. The van der Waals surface area contributed by atoms with E-state index < -0.39 is 0 Å². The summed E-state index contributed by atoms with van der Waals surface area (Å²) in [6.07, 6.45) is 12.6. The molecule has 1 aliphatic rings. The quantitative estimate of drug-likeness (QED) is 0.419. The Balaban J connectivity index is 2.31. The summed E-state index contributed by atoms with van der Waals surface area (Å²) in [5, 5.41) is 0. The van der Waals surface area contributed by atoms with Gasteiger partial charge in [0.05, 0.1) is 0 Å². The molecular weight excluding hydrogens is 265 g/mol. The Kier molecular flexibility index (Phi) is 9.55. The Morgan fingerprint density at radius 2 is 2.05 bits per heavy atom. The molecule has 0 spiro atoms. The highest BCUT2D eigenvalue weighted by Crippen LogP contribution is 2.18. The van der Waals surface area contributed by atoms with Gasteiger partial charge in [-0.25, -0.2) is 0 Å². The summed E-state index contributed by atoms with van der Waals surface area (Å²) in [5.41, 5.74) is 4.55. The second kappa shape index (κ2) is 10.9. The summed E-state index contributed by atoms with van der Waals surface area (Å²) < 4.78 is 0. The molecule has 2 heteroatoms. The SMILES string of the molecule is C=C(C)C(C)CCN(CC)CCB/C1=C/CCC/C=C(/C)C1. The Hall–Kier alpha value is -0.755. The van der Waals surface area contributed by atoms with E-state index in [0.717, 1.165) is 0 Å². The van der Waals surface area contributed by atoms with Gasteiger partial charge in [-0.2, -0.15) is 0 Å². The van der Waals surface area contributed by atoms with Crippen molar-refractivity contribution < 1.29 is 0 Å². The highest BCUT2D eigenvalue weighted by atomic mass is 15.1. The summed E-state index contributed by atoms with van der Waals surface area (Å²) in [7, 11) is 1.28. The maximum Gasteiger partial charge on any atom is 0.153 e. The van der Waals surface area contributed by atoms with Gasteiger partial charge in [-0.3, -0.25) is 0 Å². The number of allylic oxidation sites excluding steroid dienone is 5. The lowest BCUT2D eigenvalue weighted by molar-refractivity contribution is 0.286. The second-order valence-corrected chi connectivity index (χ2v) is 7.09. The van der Waals surface area contributed by atoms with E-state index in [2.05, 4.69) is 51.3 Å². The Labute approximate surface area is 139 Å². The molecule has 0 saturated heterocycles. The van der Waals surface area contributed by atoms with Crippen LogP contribution in [-0.4, -0.2) is 31.8 Å². The first kappa shape index (κ1) is 19.3. The lowest BCUT2D eigenvalue weighted by Gasteiger charge is -2.22. The highest BCUT2D eigenvalue weighted by Gasteiger charge is 2.09. The van der Waals surface area contributed by atoms with Crippen LogP contribution in [0.1, 0.15) is 59.8 Å². The molecule has 124 valence electrons. The van der Waals surface area contributed by atoms with Crippen LogP contribution >= 0.6 is 0 Å². The predicted molar refractivity (Wildman–Crippen MR) is 103 cm³/mol. The zero-order chi connectivity index (χ0) is 16.4. The van der Waals surface area contributed by atoms with E-state index >= 15 is 0 Å². The van der Waals surface area contributed by atoms with E-state index in [1.807, 2.05) is 0 Å². The first-order chi connectivity index (χ1) is 10.5. The van der Waals surface area contributed by atoms with Crippen LogP contribution in [0.2, 0.25) is 6.32 Å². The number of hydrogen-bond donors (Lipinski definition) is 0. The van der Waals surface area contributed by atoms with Gasteiger partial charge in [0.25, 0.3) is 0 Å². The molecule has 0 heterocycles. The molecule has 0 aromatic heterocycles. The van der Waals surface area contributed by atoms with Gasteiger partial charge in [-0.15, -0.1) is 5.47 Å². The molecule has 0 aromatic carbocycles. The molecule has 0 amide bonds. The van der Waals surface area contributed by atoms with Crippen LogP contribution in [0.25, 0.3) is 0 Å². The summed E-state index contributed by atoms with van der Waals surface area (Å²) >= 11 is 0. The van der Waals surface area contributed by atoms with E-state index in [-0.39, 0.29) is 0 Å². The third kappa shape index (κ3) is 8.03. The van der Waals surface area contributed by atoms with Gasteiger partial charge >= 0.3 is 0 Å². The van der Waals surface area contributed by atoms with Gasteiger partial charge in [0.2, 0.25) is 0 Å². The Morgan fingerprint density at radius 3 is 2.73 bits per heavy atom. The zero-order valence-electron chi connectivity index (χ0n) is 15.5. The Bertz CT molecular complexity index is 395. The van der Waals surface area contributed by atoms with Gasteiger partial charge in [0.1, 0.15) is 0 Å². The third-order valence-electron chi connectivity index (χ3n) is 4.98. The second-order valence-electron chi connectivity index (χ2n) is 7.09. The average Bonchev–Trinajstić information content (AvgIpc) is 2.46. The lowest BCUT2D eigenvalue weighted by Crippen LogP contribution is -2.27. The maximum absolute atomic E-state index is 4.07. The number of nitrogens with zero attached hydrogens (tertiary/aromatic N) is 1. The summed E-state index contributed by atoms with van der Waals surface area (Å²) in [6, 6.07) is 0. The van der Waals surface area contributed by atoms with Crippen molar-refractivity contribution >= 4 is 7.28 Å². The van der Waals surface area contributed by atoms with E-state index in [0.29, 0.717) is 5.92 Å². The molecule has 0 radical (unpaired) electrons. The maximum atomic E-state index is 4.07. The normalized spacial score (nSPS) is 22.0. The van der Waals surface area contributed by atoms with E-state index in [9.17, 15) is 0 Å². The van der Waals surface area contributed by atoms with Crippen molar-refractivity contribution in [1.29, 1.82) is 0 Å². The van der Waals surface area contributed by atoms with E-state index in [4.69, 9.17) is 0 Å². The highest BCUT2D eigenvalue weighted by molar-refractivity contribution is 6.45. The molecule has 22 heavy (non-hydrogen) atoms. The summed E-state index contributed by atoms with van der Waals surface area (Å²) in [4.78, 5) is 2.60. The van der Waals surface area contributed by atoms with Crippen molar-refractivity contribution in [3.05, 3.63) is 35.3 Å². The fourth-order valence-corrected chi connectivity index (χ4v) is 3.05. The standard InChI is InChI=1S/C20H36BN/c1-6-22(14-12-19(5)17(2)3)15-13-21-20-11-9-7-8-10-18(4)16-20/h10-11,19,21H,2,6-9,12-16H2,1,3-5H3/b18-10-,20-11+. The van der Waals surface area contributed by atoms with E-state index in [1.54, 1.807) is 11.0 Å². The molecule has 0 aromatic rings. The lowest BCUT2D eigenvalue weighted by atomic mass is 9.63. The molecule has 1 nitrogen and oxygen atoms in total. The minimum Gasteiger partial charge on any atom is -0.304 e. The fourth-order valence-electron chi connectivity index (χ4n) is 3.05. The smallest absolute Gasteiger partial charge is 0.153 e. The van der Waals surface area contributed by atoms with Crippen molar-refractivity contribution in [1.82, 2.24) is 4.90 Å². The van der Waals surface area contributed by atoms with Gasteiger partial charge in [0.15, 0.2) is 7.28 Å². The van der Waals surface area contributed by atoms with Crippen LogP contribution in [0.15, 0.2) is 35.3 Å². The summed E-state index contributed by atoms with van der Waals surface area (Å²) in [6.45, 7) is 16.7. The van der Waals surface area contributed by atoms with Crippen LogP contribution < -0.4 is 0 Å². The fraction of sp³-hybridized carbons (Fsp3) is 0.700. The molecular formula is C20H36BN. The van der Waals surface area contributed by atoms with Gasteiger partial charge in [-0.1, -0.05) is 50.0 Å². The van der Waals surface area contributed by atoms with Crippen molar-refractivity contribution in [2.45, 2.75) is 66.1 Å². The zero-order valence-corrected chi connectivity index (χ0v) is 15.5. The average molecular weight is 301 g/mol. The topological polar surface area (TPSA) is 3.24 Å². The summed E-state index contributed by atoms with van der Waals surface area (Å²) in [5.74, 6) is 0.648. The van der Waals surface area contributed by atoms with Crippen molar-refractivity contribution in [3.63, 3.8) is 0 Å². The minimum atomic E-state index is 0.648. The molecule has 0 saturated carbocycles. The number of rotatable bonds is 9. The van der Waals surface area contributed by atoms with Crippen LogP contribution in [0.5, 0.6) is 0 Å². The van der Waals surface area contributed by atoms with Crippen molar-refractivity contribution in [3.8, 4) is 0 Å². The Morgan fingerprint density at radius 1 is 1.32 bits per heavy atom. The van der Waals surface area contributed by atoms with Crippen LogP contribution in [-0.2, 0) is 0 Å². The monoisotopic (exact) mass is 301 g/mol. The van der Waals surface area contributed by atoms with Crippen LogP contribution in [0, 0.1) is 5.92 Å². The number of hydrogen-bond acceptors (Lipinski definition) is 1. The molecule has 1 atom stereocenters. The van der Waals surface area contributed by atoms with Crippen LogP contribution in [0.3, 0.4) is 0 Å². The third-order valence-corrected chi connectivity index (χ3v) is 4.98. The minimum absolute atomic E-state index is 0.648. The largest absolute Gasteiger partial charge is 0.304 e. The molecule has 0 aliphatic heterocycles. The van der Waals surface area contributed by atoms with Gasteiger partial charge < -0.3 is 4.90 Å². The van der Waals surface area contributed by atoms with Crippen molar-refractivity contribution in [2.24, 2.45) is 5.92 Å². The predicted octanol–water partition coefficient (Wildman–Crippen LogP) is 5.17. The van der Waals surface area contributed by atoms with Crippen LogP contribution in [0.4, 0.5) is 0 Å².